The number of carbonyl (C=O) groups is 2. The molecule has 1 aromatic rings. The number of carboxylic acid groups (broad SMARTS) is 1. The molecular formula is C12H20N4O3. The first-order chi connectivity index (χ1) is 9.04. The van der Waals surface area contributed by atoms with Crippen LogP contribution in [0.15, 0.2) is 12.5 Å². The lowest BCUT2D eigenvalue weighted by Crippen LogP contribution is -2.45. The van der Waals surface area contributed by atoms with Gasteiger partial charge in [-0.2, -0.15) is 0 Å². The fraction of sp³-hybridized carbons (Fsp3) is 0.583. The van der Waals surface area contributed by atoms with Crippen LogP contribution in [0, 0.1) is 5.41 Å². The Morgan fingerprint density at radius 3 is 2.53 bits per heavy atom. The number of aromatic nitrogens is 2. The summed E-state index contributed by atoms with van der Waals surface area (Å²) in [6.45, 7) is 4.05. The van der Waals surface area contributed by atoms with Crippen LogP contribution in [0.25, 0.3) is 0 Å². The van der Waals surface area contributed by atoms with Crippen molar-refractivity contribution in [2.75, 3.05) is 6.54 Å². The van der Waals surface area contributed by atoms with Gasteiger partial charge >= 0.3 is 12.0 Å². The van der Waals surface area contributed by atoms with Gasteiger partial charge in [0.15, 0.2) is 0 Å². The molecule has 0 atom stereocenters. The van der Waals surface area contributed by atoms with E-state index in [0.29, 0.717) is 19.4 Å². The van der Waals surface area contributed by atoms with E-state index in [0.717, 1.165) is 5.69 Å². The van der Waals surface area contributed by atoms with Crippen LogP contribution in [0.4, 0.5) is 4.79 Å². The molecule has 1 aromatic heterocycles. The van der Waals surface area contributed by atoms with Crippen LogP contribution < -0.4 is 10.6 Å². The fourth-order valence-electron chi connectivity index (χ4n) is 1.75. The first-order valence-electron chi connectivity index (χ1n) is 6.26. The second-order valence-corrected chi connectivity index (χ2v) is 4.41. The molecule has 0 aromatic carbocycles. The molecule has 0 aliphatic carbocycles. The summed E-state index contributed by atoms with van der Waals surface area (Å²) in [7, 11) is 0. The number of aromatic amines is 1. The largest absolute Gasteiger partial charge is 0.481 e. The van der Waals surface area contributed by atoms with E-state index in [-0.39, 0.29) is 12.6 Å². The number of carboxylic acids is 1. The summed E-state index contributed by atoms with van der Waals surface area (Å²) >= 11 is 0. The van der Waals surface area contributed by atoms with E-state index in [1.54, 1.807) is 6.20 Å². The van der Waals surface area contributed by atoms with E-state index in [1.165, 1.54) is 6.33 Å². The summed E-state index contributed by atoms with van der Waals surface area (Å²) < 4.78 is 0. The van der Waals surface area contributed by atoms with Crippen molar-refractivity contribution < 1.29 is 14.7 Å². The molecule has 7 nitrogen and oxygen atoms in total. The maximum atomic E-state index is 11.6. The highest BCUT2D eigenvalue weighted by atomic mass is 16.4. The van der Waals surface area contributed by atoms with Crippen molar-refractivity contribution in [3.8, 4) is 0 Å². The normalized spacial score (nSPS) is 11.1. The van der Waals surface area contributed by atoms with Crippen LogP contribution in [-0.4, -0.2) is 33.6 Å². The monoisotopic (exact) mass is 268 g/mol. The number of rotatable bonds is 7. The van der Waals surface area contributed by atoms with Gasteiger partial charge in [-0.3, -0.25) is 4.79 Å². The molecule has 0 saturated carbocycles. The van der Waals surface area contributed by atoms with Crippen LogP contribution in [0.2, 0.25) is 0 Å². The Morgan fingerprint density at radius 2 is 2.05 bits per heavy atom. The predicted molar refractivity (Wildman–Crippen MR) is 69.5 cm³/mol. The molecule has 0 saturated heterocycles. The van der Waals surface area contributed by atoms with Crippen molar-refractivity contribution in [1.82, 2.24) is 20.6 Å². The number of urea groups is 1. The van der Waals surface area contributed by atoms with E-state index in [2.05, 4.69) is 20.6 Å². The average Bonchev–Trinajstić information content (AvgIpc) is 2.91. The van der Waals surface area contributed by atoms with E-state index in [1.807, 2.05) is 13.8 Å². The van der Waals surface area contributed by atoms with Gasteiger partial charge in [0.05, 0.1) is 24.0 Å². The lowest BCUT2D eigenvalue weighted by Gasteiger charge is -2.26. The molecule has 0 spiro atoms. The molecule has 0 aliphatic rings. The summed E-state index contributed by atoms with van der Waals surface area (Å²) in [6.07, 6.45) is 4.08. The fourth-order valence-corrected chi connectivity index (χ4v) is 1.75. The van der Waals surface area contributed by atoms with Crippen molar-refractivity contribution in [3.63, 3.8) is 0 Å². The van der Waals surface area contributed by atoms with Gasteiger partial charge in [-0.1, -0.05) is 13.8 Å². The standard InChI is InChI=1S/C12H20N4O3/c1-3-12(4-2,10(17)18)7-15-11(19)14-6-9-5-13-8-16-9/h5,8H,3-4,6-7H2,1-2H3,(H,13,16)(H,17,18)(H2,14,15,19). The molecular weight excluding hydrogens is 248 g/mol. The van der Waals surface area contributed by atoms with Crippen LogP contribution >= 0.6 is 0 Å². The molecule has 0 bridgehead atoms. The van der Waals surface area contributed by atoms with Gasteiger partial charge in [0, 0.05) is 12.7 Å². The third kappa shape index (κ3) is 3.97. The Labute approximate surface area is 111 Å². The molecule has 1 rings (SSSR count). The van der Waals surface area contributed by atoms with Crippen molar-refractivity contribution in [1.29, 1.82) is 0 Å². The Kier molecular flexibility index (Phi) is 5.35. The molecule has 7 heteroatoms. The van der Waals surface area contributed by atoms with Gasteiger partial charge in [-0.25, -0.2) is 9.78 Å². The Morgan fingerprint density at radius 1 is 1.37 bits per heavy atom. The SMILES string of the molecule is CCC(CC)(CNC(=O)NCc1cnc[nH]1)C(=O)O. The van der Waals surface area contributed by atoms with Gasteiger partial charge in [0.2, 0.25) is 0 Å². The molecule has 4 N–H and O–H groups in total. The number of imidazole rings is 1. The number of nitrogens with one attached hydrogen (secondary N) is 3. The number of aliphatic carboxylic acids is 1. The highest BCUT2D eigenvalue weighted by Crippen LogP contribution is 2.25. The zero-order valence-corrected chi connectivity index (χ0v) is 11.2. The minimum atomic E-state index is -0.897. The number of carbonyl (C=O) groups excluding carboxylic acids is 1. The van der Waals surface area contributed by atoms with Crippen molar-refractivity contribution in [2.45, 2.75) is 33.2 Å². The molecule has 2 amide bonds. The third-order valence-electron chi connectivity index (χ3n) is 3.39. The van der Waals surface area contributed by atoms with Gasteiger partial charge in [0.25, 0.3) is 0 Å². The van der Waals surface area contributed by atoms with E-state index in [9.17, 15) is 14.7 Å². The molecule has 0 fully saturated rings. The molecule has 0 aliphatic heterocycles. The average molecular weight is 268 g/mol. The summed E-state index contributed by atoms with van der Waals surface area (Å²) in [5, 5.41) is 14.5. The Balaban J connectivity index is 2.42. The maximum Gasteiger partial charge on any atom is 0.315 e. The molecule has 0 radical (unpaired) electrons. The van der Waals surface area contributed by atoms with Crippen molar-refractivity contribution >= 4 is 12.0 Å². The first-order valence-corrected chi connectivity index (χ1v) is 6.26. The molecule has 0 unspecified atom stereocenters. The highest BCUT2D eigenvalue weighted by molar-refractivity contribution is 5.78. The zero-order valence-electron chi connectivity index (χ0n) is 11.2. The number of hydrogen-bond donors (Lipinski definition) is 4. The smallest absolute Gasteiger partial charge is 0.315 e. The quantitative estimate of drug-likeness (QED) is 0.594. The first kappa shape index (κ1) is 15.0. The summed E-state index contributed by atoms with van der Waals surface area (Å²) in [4.78, 5) is 29.5. The molecule has 19 heavy (non-hydrogen) atoms. The van der Waals surface area contributed by atoms with Gasteiger partial charge in [-0.15, -0.1) is 0 Å². The van der Waals surface area contributed by atoms with Crippen LogP contribution in [0.3, 0.4) is 0 Å². The summed E-state index contributed by atoms with van der Waals surface area (Å²) in [5.74, 6) is -0.883. The third-order valence-corrected chi connectivity index (χ3v) is 3.39. The second kappa shape index (κ2) is 6.77. The topological polar surface area (TPSA) is 107 Å². The highest BCUT2D eigenvalue weighted by Gasteiger charge is 2.35. The van der Waals surface area contributed by atoms with Crippen molar-refractivity contribution in [2.24, 2.45) is 5.41 Å². The molecule has 1 heterocycles. The summed E-state index contributed by atoms with van der Waals surface area (Å²) in [5.41, 5.74) is -0.115. The van der Waals surface area contributed by atoms with Crippen LogP contribution in [-0.2, 0) is 11.3 Å². The lowest BCUT2D eigenvalue weighted by atomic mass is 9.82. The number of nitrogens with zero attached hydrogens (tertiary/aromatic N) is 1. The predicted octanol–water partition coefficient (Wildman–Crippen LogP) is 1.10. The number of amides is 2. The van der Waals surface area contributed by atoms with Crippen LogP contribution in [0.1, 0.15) is 32.4 Å². The minimum absolute atomic E-state index is 0.115. The molecule has 106 valence electrons. The van der Waals surface area contributed by atoms with Gasteiger partial charge in [0.1, 0.15) is 0 Å². The number of hydrogen-bond acceptors (Lipinski definition) is 3. The van der Waals surface area contributed by atoms with Crippen molar-refractivity contribution in [3.05, 3.63) is 18.2 Å². The van der Waals surface area contributed by atoms with Crippen LogP contribution in [0.5, 0.6) is 0 Å². The van der Waals surface area contributed by atoms with E-state index >= 15 is 0 Å². The lowest BCUT2D eigenvalue weighted by molar-refractivity contribution is -0.149. The van der Waals surface area contributed by atoms with E-state index in [4.69, 9.17) is 0 Å². The second-order valence-electron chi connectivity index (χ2n) is 4.41. The Hall–Kier alpha value is -2.05. The zero-order chi connectivity index (χ0) is 14.3. The number of H-pyrrole nitrogens is 1. The summed E-state index contributed by atoms with van der Waals surface area (Å²) in [6, 6.07) is -0.387. The van der Waals surface area contributed by atoms with Gasteiger partial charge in [-0.05, 0) is 12.8 Å². The minimum Gasteiger partial charge on any atom is -0.481 e. The maximum absolute atomic E-state index is 11.6. The van der Waals surface area contributed by atoms with Gasteiger partial charge < -0.3 is 20.7 Å². The van der Waals surface area contributed by atoms with E-state index < -0.39 is 11.4 Å². The Bertz CT molecular complexity index is 413.